The zero-order chi connectivity index (χ0) is 20.0. The molecule has 2 aromatic rings. The van der Waals surface area contributed by atoms with Gasteiger partial charge in [-0.05, 0) is 26.0 Å². The zero-order valence-electron chi connectivity index (χ0n) is 14.9. The van der Waals surface area contributed by atoms with E-state index in [1.165, 1.54) is 37.6 Å². The maximum atomic E-state index is 11.4. The van der Waals surface area contributed by atoms with Gasteiger partial charge in [-0.3, -0.25) is 25.7 Å². The molecule has 0 saturated heterocycles. The summed E-state index contributed by atoms with van der Waals surface area (Å²) in [6, 6.07) is 8.65. The Kier molecular flexibility index (Phi) is 6.26. The van der Waals surface area contributed by atoms with Gasteiger partial charge in [0.2, 0.25) is 5.75 Å². The first-order valence-electron chi connectivity index (χ1n) is 7.88. The van der Waals surface area contributed by atoms with Gasteiger partial charge in [-0.25, -0.2) is 0 Å². The molecule has 27 heavy (non-hydrogen) atoms. The van der Waals surface area contributed by atoms with Crippen LogP contribution in [0, 0.1) is 20.2 Å². The summed E-state index contributed by atoms with van der Waals surface area (Å²) >= 11 is 0. The lowest BCUT2D eigenvalue weighted by molar-refractivity contribution is -0.386. The fraction of sp³-hybridized carbons (Fsp3) is 0.235. The van der Waals surface area contributed by atoms with Crippen LogP contribution in [0.1, 0.15) is 19.4 Å². The highest BCUT2D eigenvalue weighted by atomic mass is 16.6. The molecule has 2 rings (SSSR count). The number of nitrogens with zero attached hydrogens (tertiary/aromatic N) is 3. The van der Waals surface area contributed by atoms with Crippen molar-refractivity contribution >= 4 is 23.3 Å². The summed E-state index contributed by atoms with van der Waals surface area (Å²) in [5, 5.41) is 26.1. The van der Waals surface area contributed by atoms with Gasteiger partial charge in [0.25, 0.3) is 5.69 Å². The fourth-order valence-corrected chi connectivity index (χ4v) is 2.19. The first-order chi connectivity index (χ1) is 12.8. The van der Waals surface area contributed by atoms with Gasteiger partial charge in [0.05, 0.1) is 35.0 Å². The van der Waals surface area contributed by atoms with E-state index >= 15 is 0 Å². The van der Waals surface area contributed by atoms with Crippen molar-refractivity contribution in [1.82, 2.24) is 0 Å². The molecule has 0 saturated carbocycles. The standard InChI is InChI=1S/C17H18N4O6/c1-11(2)27-17-15(21(24)25)7-12(8-16(17)26-3)10-18-19-13-5-4-6-14(9-13)20(22)23/h4-11,19H,1-3H3. The molecule has 10 nitrogen and oxygen atoms in total. The Bertz CT molecular complexity index is 882. The van der Waals surface area contributed by atoms with Gasteiger partial charge in [0.15, 0.2) is 5.75 Å². The Labute approximate surface area is 154 Å². The van der Waals surface area contributed by atoms with Gasteiger partial charge in [0, 0.05) is 23.8 Å². The summed E-state index contributed by atoms with van der Waals surface area (Å²) in [6.45, 7) is 3.50. The van der Waals surface area contributed by atoms with E-state index in [9.17, 15) is 20.2 Å². The van der Waals surface area contributed by atoms with Crippen LogP contribution in [-0.4, -0.2) is 29.3 Å². The van der Waals surface area contributed by atoms with E-state index in [1.807, 2.05) is 0 Å². The minimum atomic E-state index is -0.564. The molecule has 0 aromatic heterocycles. The minimum absolute atomic E-state index is 0.0429. The molecular weight excluding hydrogens is 356 g/mol. The smallest absolute Gasteiger partial charge is 0.315 e. The number of nitro groups is 2. The minimum Gasteiger partial charge on any atom is -0.493 e. The molecule has 0 unspecified atom stereocenters. The molecule has 0 aliphatic rings. The van der Waals surface area contributed by atoms with Crippen LogP contribution in [0.25, 0.3) is 0 Å². The molecule has 10 heteroatoms. The first kappa shape index (κ1) is 19.6. The summed E-state index contributed by atoms with van der Waals surface area (Å²) in [5.74, 6) is 0.246. The molecular formula is C17H18N4O6. The van der Waals surface area contributed by atoms with Gasteiger partial charge < -0.3 is 9.47 Å². The van der Waals surface area contributed by atoms with Crippen LogP contribution in [0.3, 0.4) is 0 Å². The van der Waals surface area contributed by atoms with E-state index in [0.717, 1.165) is 0 Å². The number of hydrazone groups is 1. The molecule has 2 aromatic carbocycles. The molecule has 0 fully saturated rings. The number of non-ortho nitro benzene ring substituents is 1. The highest BCUT2D eigenvalue weighted by Gasteiger charge is 2.22. The van der Waals surface area contributed by atoms with Crippen molar-refractivity contribution in [3.8, 4) is 11.5 Å². The lowest BCUT2D eigenvalue weighted by atomic mass is 10.2. The van der Waals surface area contributed by atoms with Crippen molar-refractivity contribution < 1.29 is 19.3 Å². The van der Waals surface area contributed by atoms with Crippen LogP contribution < -0.4 is 14.9 Å². The SMILES string of the molecule is COc1cc(C=NNc2cccc([N+](=O)[O-])c2)cc([N+](=O)[O-])c1OC(C)C. The average molecular weight is 374 g/mol. The van der Waals surface area contributed by atoms with Gasteiger partial charge in [0.1, 0.15) is 0 Å². The lowest BCUT2D eigenvalue weighted by Gasteiger charge is -2.14. The predicted molar refractivity (Wildman–Crippen MR) is 99.7 cm³/mol. The van der Waals surface area contributed by atoms with Crippen molar-refractivity contribution in [2.24, 2.45) is 5.10 Å². The fourth-order valence-electron chi connectivity index (χ4n) is 2.19. The van der Waals surface area contributed by atoms with E-state index in [1.54, 1.807) is 26.0 Å². The molecule has 0 radical (unpaired) electrons. The van der Waals surface area contributed by atoms with E-state index in [0.29, 0.717) is 11.3 Å². The lowest BCUT2D eigenvalue weighted by Crippen LogP contribution is -2.09. The summed E-state index contributed by atoms with van der Waals surface area (Å²) in [4.78, 5) is 21.1. The van der Waals surface area contributed by atoms with E-state index in [2.05, 4.69) is 10.5 Å². The highest BCUT2D eigenvalue weighted by molar-refractivity contribution is 5.83. The maximum Gasteiger partial charge on any atom is 0.315 e. The van der Waals surface area contributed by atoms with Crippen molar-refractivity contribution in [1.29, 1.82) is 0 Å². The van der Waals surface area contributed by atoms with Crippen LogP contribution in [0.2, 0.25) is 0 Å². The second-order valence-electron chi connectivity index (χ2n) is 5.67. The Hall–Kier alpha value is -3.69. The van der Waals surface area contributed by atoms with E-state index in [4.69, 9.17) is 9.47 Å². The molecule has 0 aliphatic heterocycles. The van der Waals surface area contributed by atoms with Gasteiger partial charge in [-0.2, -0.15) is 5.10 Å². The zero-order valence-corrected chi connectivity index (χ0v) is 14.9. The predicted octanol–water partition coefficient (Wildman–Crippen LogP) is 3.74. The van der Waals surface area contributed by atoms with Crippen molar-refractivity contribution in [2.45, 2.75) is 20.0 Å². The van der Waals surface area contributed by atoms with E-state index in [-0.39, 0.29) is 29.0 Å². The molecule has 0 atom stereocenters. The number of benzene rings is 2. The Morgan fingerprint density at radius 1 is 1.15 bits per heavy atom. The van der Waals surface area contributed by atoms with E-state index < -0.39 is 9.85 Å². The summed E-state index contributed by atoms with van der Waals surface area (Å²) in [7, 11) is 1.38. The number of anilines is 1. The number of hydrogen-bond acceptors (Lipinski definition) is 8. The first-order valence-corrected chi connectivity index (χ1v) is 7.88. The van der Waals surface area contributed by atoms with Crippen LogP contribution in [0.4, 0.5) is 17.1 Å². The summed E-state index contributed by atoms with van der Waals surface area (Å²) in [5.41, 5.74) is 3.11. The molecule has 1 N–H and O–H groups in total. The van der Waals surface area contributed by atoms with Gasteiger partial charge in [-0.15, -0.1) is 0 Å². The number of nitrogens with one attached hydrogen (secondary N) is 1. The maximum absolute atomic E-state index is 11.4. The number of methoxy groups -OCH3 is 1. The van der Waals surface area contributed by atoms with Gasteiger partial charge >= 0.3 is 5.69 Å². The second-order valence-corrected chi connectivity index (χ2v) is 5.67. The molecule has 0 spiro atoms. The third-order valence-electron chi connectivity index (χ3n) is 3.29. The van der Waals surface area contributed by atoms with Crippen LogP contribution in [0.5, 0.6) is 11.5 Å². The number of nitro benzene ring substituents is 2. The highest BCUT2D eigenvalue weighted by Crippen LogP contribution is 2.38. The Balaban J connectivity index is 2.29. The van der Waals surface area contributed by atoms with Crippen LogP contribution >= 0.6 is 0 Å². The largest absolute Gasteiger partial charge is 0.493 e. The molecule has 0 heterocycles. The monoisotopic (exact) mass is 374 g/mol. The van der Waals surface area contributed by atoms with Crippen LogP contribution in [0.15, 0.2) is 41.5 Å². The third-order valence-corrected chi connectivity index (χ3v) is 3.29. The molecule has 0 aliphatic carbocycles. The molecule has 142 valence electrons. The van der Waals surface area contributed by atoms with Crippen molar-refractivity contribution in [3.05, 3.63) is 62.2 Å². The summed E-state index contributed by atoms with van der Waals surface area (Å²) < 4.78 is 10.7. The topological polar surface area (TPSA) is 129 Å². The van der Waals surface area contributed by atoms with Crippen molar-refractivity contribution in [2.75, 3.05) is 12.5 Å². The van der Waals surface area contributed by atoms with Crippen molar-refractivity contribution in [3.63, 3.8) is 0 Å². The number of hydrogen-bond donors (Lipinski definition) is 1. The summed E-state index contributed by atoms with van der Waals surface area (Å²) in [6.07, 6.45) is 1.07. The Morgan fingerprint density at radius 3 is 2.48 bits per heavy atom. The number of ether oxygens (including phenoxy) is 2. The van der Waals surface area contributed by atoms with Crippen LogP contribution in [-0.2, 0) is 0 Å². The third kappa shape index (κ3) is 5.14. The van der Waals surface area contributed by atoms with Gasteiger partial charge in [-0.1, -0.05) is 6.07 Å². The normalized spacial score (nSPS) is 10.8. The quantitative estimate of drug-likeness (QED) is 0.423. The Morgan fingerprint density at radius 2 is 1.89 bits per heavy atom. The second kappa shape index (κ2) is 8.61. The number of rotatable bonds is 8. The average Bonchev–Trinajstić information content (AvgIpc) is 2.62. The molecule has 0 amide bonds. The molecule has 0 bridgehead atoms.